The van der Waals surface area contributed by atoms with Crippen molar-refractivity contribution in [2.45, 2.75) is 30.3 Å². The van der Waals surface area contributed by atoms with Crippen molar-refractivity contribution in [1.29, 1.82) is 0 Å². The van der Waals surface area contributed by atoms with Gasteiger partial charge in [-0.3, -0.25) is 4.79 Å². The van der Waals surface area contributed by atoms with Crippen LogP contribution in [0, 0.1) is 0 Å². The Bertz CT molecular complexity index is 644. The van der Waals surface area contributed by atoms with Crippen LogP contribution in [0.2, 0.25) is 0 Å². The summed E-state index contributed by atoms with van der Waals surface area (Å²) >= 11 is 0. The largest absolute Gasteiger partial charge is 0.378 e. The molecule has 1 amide bonds. The van der Waals surface area contributed by atoms with Gasteiger partial charge in [-0.15, -0.1) is 12.4 Å². The summed E-state index contributed by atoms with van der Waals surface area (Å²) in [7, 11) is -2.00. The van der Waals surface area contributed by atoms with Crippen molar-refractivity contribution < 1.29 is 17.9 Å². The molecule has 0 unspecified atom stereocenters. The maximum Gasteiger partial charge on any atom is 0.251 e. The maximum absolute atomic E-state index is 12.7. The number of halogens is 1. The number of carbonyl (C=O) groups is 1. The van der Waals surface area contributed by atoms with E-state index in [0.717, 1.165) is 6.42 Å². The van der Waals surface area contributed by atoms with Gasteiger partial charge in [-0.05, 0) is 50.1 Å². The van der Waals surface area contributed by atoms with Crippen LogP contribution in [0.15, 0.2) is 29.2 Å². The van der Waals surface area contributed by atoms with Crippen LogP contribution in [0.1, 0.15) is 29.6 Å². The average Bonchev–Trinajstić information content (AvgIpc) is 2.62. The Balaban J connectivity index is 0.00000312. The van der Waals surface area contributed by atoms with Crippen LogP contribution in [0.4, 0.5) is 0 Å². The Hall–Kier alpha value is -1.19. The molecule has 7 nitrogen and oxygen atoms in total. The van der Waals surface area contributed by atoms with Gasteiger partial charge in [0.2, 0.25) is 10.0 Å². The van der Waals surface area contributed by atoms with E-state index in [1.807, 2.05) is 0 Å². The summed E-state index contributed by atoms with van der Waals surface area (Å²) in [4.78, 5) is 11.7. The first-order chi connectivity index (χ1) is 11.5. The SMILES string of the molecule is CNC(=O)c1ccc(S(=O)(=O)N2CCC(OCCCN)CC2)cc1.Cl. The van der Waals surface area contributed by atoms with Gasteiger partial charge in [-0.25, -0.2) is 8.42 Å². The Morgan fingerprint density at radius 3 is 2.40 bits per heavy atom. The predicted octanol–water partition coefficient (Wildman–Crippen LogP) is 0.987. The summed E-state index contributed by atoms with van der Waals surface area (Å²) in [6, 6.07) is 6.00. The molecule has 1 saturated heterocycles. The highest BCUT2D eigenvalue weighted by atomic mass is 35.5. The number of ether oxygens (including phenoxy) is 1. The molecule has 9 heteroatoms. The van der Waals surface area contributed by atoms with Crippen molar-refractivity contribution in [3.63, 3.8) is 0 Å². The van der Waals surface area contributed by atoms with E-state index in [4.69, 9.17) is 10.5 Å². The zero-order valence-corrected chi connectivity index (χ0v) is 15.9. The third-order valence-electron chi connectivity index (χ3n) is 4.08. The van der Waals surface area contributed by atoms with Crippen molar-refractivity contribution in [2.24, 2.45) is 5.73 Å². The molecule has 142 valence electrons. The molecule has 2 rings (SSSR count). The third-order valence-corrected chi connectivity index (χ3v) is 6.00. The van der Waals surface area contributed by atoms with E-state index in [0.29, 0.717) is 44.6 Å². The molecule has 25 heavy (non-hydrogen) atoms. The topological polar surface area (TPSA) is 102 Å². The minimum absolute atomic E-state index is 0. The number of benzene rings is 1. The molecular formula is C16H26ClN3O4S. The fourth-order valence-electron chi connectivity index (χ4n) is 2.64. The molecule has 0 aliphatic carbocycles. The average molecular weight is 392 g/mol. The molecule has 1 aromatic carbocycles. The third kappa shape index (κ3) is 5.65. The highest BCUT2D eigenvalue weighted by molar-refractivity contribution is 7.89. The molecule has 0 spiro atoms. The van der Waals surface area contributed by atoms with E-state index in [-0.39, 0.29) is 29.3 Å². The summed E-state index contributed by atoms with van der Waals surface area (Å²) < 4.78 is 32.5. The number of rotatable bonds is 7. The minimum Gasteiger partial charge on any atom is -0.378 e. The van der Waals surface area contributed by atoms with Gasteiger partial charge >= 0.3 is 0 Å². The summed E-state index contributed by atoms with van der Waals surface area (Å²) in [5.74, 6) is -0.241. The zero-order chi connectivity index (χ0) is 17.6. The number of nitrogens with one attached hydrogen (secondary N) is 1. The number of hydrogen-bond donors (Lipinski definition) is 2. The monoisotopic (exact) mass is 391 g/mol. The van der Waals surface area contributed by atoms with Gasteiger partial charge in [-0.2, -0.15) is 4.31 Å². The molecule has 1 fully saturated rings. The molecule has 1 aromatic rings. The van der Waals surface area contributed by atoms with Crippen LogP contribution >= 0.6 is 12.4 Å². The summed E-state index contributed by atoms with van der Waals surface area (Å²) in [6.45, 7) is 2.09. The lowest BCUT2D eigenvalue weighted by molar-refractivity contribution is 0.0209. The van der Waals surface area contributed by atoms with Gasteiger partial charge in [-0.1, -0.05) is 0 Å². The molecule has 1 aliphatic heterocycles. The van der Waals surface area contributed by atoms with Gasteiger partial charge in [0.05, 0.1) is 11.0 Å². The second-order valence-corrected chi connectivity index (χ2v) is 7.66. The van der Waals surface area contributed by atoms with E-state index in [1.54, 1.807) is 0 Å². The molecule has 0 aromatic heterocycles. The van der Waals surface area contributed by atoms with E-state index >= 15 is 0 Å². The van der Waals surface area contributed by atoms with E-state index in [1.165, 1.54) is 35.6 Å². The van der Waals surface area contributed by atoms with Crippen molar-refractivity contribution in [3.8, 4) is 0 Å². The summed E-state index contributed by atoms with van der Waals surface area (Å²) in [5, 5.41) is 2.51. The second-order valence-electron chi connectivity index (χ2n) is 5.72. The van der Waals surface area contributed by atoms with Gasteiger partial charge in [0.1, 0.15) is 0 Å². The van der Waals surface area contributed by atoms with Crippen molar-refractivity contribution in [3.05, 3.63) is 29.8 Å². The molecule has 1 heterocycles. The molecular weight excluding hydrogens is 366 g/mol. The molecule has 0 radical (unpaired) electrons. The molecule has 0 bridgehead atoms. The van der Waals surface area contributed by atoms with Crippen LogP contribution in [-0.4, -0.2) is 58.0 Å². The lowest BCUT2D eigenvalue weighted by Crippen LogP contribution is -2.41. The van der Waals surface area contributed by atoms with E-state index < -0.39 is 10.0 Å². The second kappa shape index (κ2) is 10.1. The Labute approximate surface area is 155 Å². The van der Waals surface area contributed by atoms with E-state index in [9.17, 15) is 13.2 Å². The lowest BCUT2D eigenvalue weighted by atomic mass is 10.1. The van der Waals surface area contributed by atoms with Gasteiger partial charge < -0.3 is 15.8 Å². The van der Waals surface area contributed by atoms with Crippen molar-refractivity contribution >= 4 is 28.3 Å². The normalized spacial score (nSPS) is 16.2. The first-order valence-electron chi connectivity index (χ1n) is 8.13. The van der Waals surface area contributed by atoms with Crippen molar-refractivity contribution in [1.82, 2.24) is 9.62 Å². The fraction of sp³-hybridized carbons (Fsp3) is 0.562. The number of nitrogens with two attached hydrogens (primary N) is 1. The van der Waals surface area contributed by atoms with Gasteiger partial charge in [0, 0.05) is 32.3 Å². The predicted molar refractivity (Wildman–Crippen MR) is 98.5 cm³/mol. The molecule has 3 N–H and O–H groups in total. The lowest BCUT2D eigenvalue weighted by Gasteiger charge is -2.31. The number of nitrogens with zero attached hydrogens (tertiary/aromatic N) is 1. The van der Waals surface area contributed by atoms with Crippen LogP contribution < -0.4 is 11.1 Å². The zero-order valence-electron chi connectivity index (χ0n) is 14.3. The van der Waals surface area contributed by atoms with Crippen molar-refractivity contribution in [2.75, 3.05) is 33.3 Å². The van der Waals surface area contributed by atoms with Crippen LogP contribution in [0.3, 0.4) is 0 Å². The maximum atomic E-state index is 12.7. The number of sulfonamides is 1. The molecule has 1 aliphatic rings. The van der Waals surface area contributed by atoms with Crippen LogP contribution in [0.5, 0.6) is 0 Å². The van der Waals surface area contributed by atoms with Crippen LogP contribution in [-0.2, 0) is 14.8 Å². The highest BCUT2D eigenvalue weighted by Crippen LogP contribution is 2.22. The quantitative estimate of drug-likeness (QED) is 0.675. The Kier molecular flexibility index (Phi) is 8.81. The van der Waals surface area contributed by atoms with E-state index in [2.05, 4.69) is 5.32 Å². The van der Waals surface area contributed by atoms with Gasteiger partial charge in [0.25, 0.3) is 5.91 Å². The summed E-state index contributed by atoms with van der Waals surface area (Å²) in [5.41, 5.74) is 5.87. The smallest absolute Gasteiger partial charge is 0.251 e. The number of amides is 1. The molecule has 0 saturated carbocycles. The fourth-order valence-corrected chi connectivity index (χ4v) is 4.11. The summed E-state index contributed by atoms with van der Waals surface area (Å²) in [6.07, 6.45) is 2.27. The number of piperidine rings is 1. The van der Waals surface area contributed by atoms with Gasteiger partial charge in [0.15, 0.2) is 0 Å². The molecule has 0 atom stereocenters. The number of hydrogen-bond acceptors (Lipinski definition) is 5. The Morgan fingerprint density at radius 1 is 1.28 bits per heavy atom. The first kappa shape index (κ1) is 21.9. The number of carbonyl (C=O) groups excluding carboxylic acids is 1. The Morgan fingerprint density at radius 2 is 1.88 bits per heavy atom. The minimum atomic E-state index is -3.53. The highest BCUT2D eigenvalue weighted by Gasteiger charge is 2.29. The first-order valence-corrected chi connectivity index (χ1v) is 9.57. The standard InChI is InChI=1S/C16H25N3O4S.ClH/c1-18-16(20)13-3-5-15(6-4-13)24(21,22)19-10-7-14(8-11-19)23-12-2-9-17;/h3-6,14H,2,7-12,17H2,1H3,(H,18,20);1H. The van der Waals surface area contributed by atoms with Crippen LogP contribution in [0.25, 0.3) is 0 Å².